The molecule has 2 aromatic heterocycles. The number of nitrogens with zero attached hydrogens (tertiary/aromatic N) is 2. The van der Waals surface area contributed by atoms with Gasteiger partial charge in [0.05, 0.1) is 7.11 Å². The largest absolute Gasteiger partial charge is 0.480 e. The lowest BCUT2D eigenvalue weighted by molar-refractivity contribution is 0.368. The average Bonchev–Trinajstić information content (AvgIpc) is 2.90. The highest BCUT2D eigenvalue weighted by molar-refractivity contribution is 7.15. The molecule has 1 unspecified atom stereocenters. The maximum Gasteiger partial charge on any atom is 0.237 e. The van der Waals surface area contributed by atoms with E-state index in [1.165, 1.54) is 0 Å². The molecule has 0 amide bonds. The molecular formula is C13H21N3OS. The van der Waals surface area contributed by atoms with E-state index >= 15 is 0 Å². The lowest BCUT2D eigenvalue weighted by atomic mass is 10.0. The lowest BCUT2D eigenvalue weighted by Crippen LogP contribution is -2.33. The average molecular weight is 267 g/mol. The Morgan fingerprint density at radius 1 is 1.50 bits per heavy atom. The first-order chi connectivity index (χ1) is 8.67. The van der Waals surface area contributed by atoms with Gasteiger partial charge in [0.1, 0.15) is 5.69 Å². The SMILES string of the molecule is CCC(NCc1c(OC)nc2sccn12)C(C)C. The molecule has 0 aliphatic carbocycles. The highest BCUT2D eigenvalue weighted by Crippen LogP contribution is 2.23. The molecule has 1 atom stereocenters. The van der Waals surface area contributed by atoms with E-state index in [1.54, 1.807) is 18.4 Å². The van der Waals surface area contributed by atoms with Crippen molar-refractivity contribution >= 4 is 16.3 Å². The molecule has 2 heterocycles. The smallest absolute Gasteiger partial charge is 0.237 e. The van der Waals surface area contributed by atoms with Crippen LogP contribution in [0.1, 0.15) is 32.9 Å². The maximum absolute atomic E-state index is 5.35. The van der Waals surface area contributed by atoms with Crippen molar-refractivity contribution in [3.05, 3.63) is 17.3 Å². The molecule has 0 radical (unpaired) electrons. The first kappa shape index (κ1) is 13.4. The lowest BCUT2D eigenvalue weighted by Gasteiger charge is -2.20. The Kier molecular flexibility index (Phi) is 4.24. The van der Waals surface area contributed by atoms with Gasteiger partial charge in [0.15, 0.2) is 4.96 Å². The van der Waals surface area contributed by atoms with Gasteiger partial charge in [-0.3, -0.25) is 4.40 Å². The molecular weight excluding hydrogens is 246 g/mol. The van der Waals surface area contributed by atoms with Gasteiger partial charge in [-0.2, -0.15) is 4.98 Å². The Hall–Kier alpha value is -1.07. The molecule has 0 aliphatic heterocycles. The van der Waals surface area contributed by atoms with Gasteiger partial charge < -0.3 is 10.1 Å². The standard InChI is InChI=1S/C13H21N3OS/c1-5-10(9(2)3)14-8-11-12(17-4)15-13-16(11)6-7-18-13/h6-7,9-10,14H,5,8H2,1-4H3. The number of methoxy groups -OCH3 is 1. The van der Waals surface area contributed by atoms with Gasteiger partial charge in [0.25, 0.3) is 0 Å². The molecule has 18 heavy (non-hydrogen) atoms. The van der Waals surface area contributed by atoms with E-state index in [2.05, 4.69) is 35.5 Å². The number of imidazole rings is 1. The Balaban J connectivity index is 2.17. The summed E-state index contributed by atoms with van der Waals surface area (Å²) < 4.78 is 7.45. The molecule has 5 heteroatoms. The van der Waals surface area contributed by atoms with Crippen molar-refractivity contribution in [2.45, 2.75) is 39.8 Å². The van der Waals surface area contributed by atoms with Crippen LogP contribution in [0, 0.1) is 5.92 Å². The predicted molar refractivity (Wildman–Crippen MR) is 75.4 cm³/mol. The number of rotatable bonds is 6. The summed E-state index contributed by atoms with van der Waals surface area (Å²) in [5.74, 6) is 1.36. The van der Waals surface area contributed by atoms with E-state index in [0.29, 0.717) is 12.0 Å². The van der Waals surface area contributed by atoms with E-state index in [1.807, 2.05) is 11.6 Å². The van der Waals surface area contributed by atoms with E-state index < -0.39 is 0 Å². The van der Waals surface area contributed by atoms with Crippen LogP contribution in [0.5, 0.6) is 5.88 Å². The summed E-state index contributed by atoms with van der Waals surface area (Å²) in [6, 6.07) is 0.527. The summed E-state index contributed by atoms with van der Waals surface area (Å²) in [7, 11) is 1.68. The third kappa shape index (κ3) is 2.52. The van der Waals surface area contributed by atoms with E-state index in [4.69, 9.17) is 4.74 Å². The van der Waals surface area contributed by atoms with Crippen molar-refractivity contribution in [1.82, 2.24) is 14.7 Å². The molecule has 2 rings (SSSR count). The fraction of sp³-hybridized carbons (Fsp3) is 0.615. The maximum atomic E-state index is 5.35. The summed E-state index contributed by atoms with van der Waals surface area (Å²) in [4.78, 5) is 5.45. The van der Waals surface area contributed by atoms with Gasteiger partial charge in [-0.25, -0.2) is 0 Å². The van der Waals surface area contributed by atoms with E-state index in [9.17, 15) is 0 Å². The first-order valence-corrected chi connectivity index (χ1v) is 7.27. The number of ether oxygens (including phenoxy) is 1. The van der Waals surface area contributed by atoms with Crippen molar-refractivity contribution < 1.29 is 4.74 Å². The molecule has 100 valence electrons. The number of thiazole rings is 1. The van der Waals surface area contributed by atoms with Crippen molar-refractivity contribution in [2.75, 3.05) is 7.11 Å². The molecule has 0 spiro atoms. The molecule has 0 fully saturated rings. The molecule has 0 aliphatic rings. The number of hydrogen-bond acceptors (Lipinski definition) is 4. The minimum atomic E-state index is 0.527. The Morgan fingerprint density at radius 3 is 2.89 bits per heavy atom. The molecule has 4 nitrogen and oxygen atoms in total. The number of nitrogens with one attached hydrogen (secondary N) is 1. The zero-order valence-electron chi connectivity index (χ0n) is 11.4. The quantitative estimate of drug-likeness (QED) is 0.874. The van der Waals surface area contributed by atoms with Gasteiger partial charge in [0, 0.05) is 24.2 Å². The van der Waals surface area contributed by atoms with Crippen molar-refractivity contribution in [1.29, 1.82) is 0 Å². The van der Waals surface area contributed by atoms with Crippen molar-refractivity contribution in [3.8, 4) is 5.88 Å². The number of aromatic nitrogens is 2. The van der Waals surface area contributed by atoms with Crippen LogP contribution < -0.4 is 10.1 Å². The Morgan fingerprint density at radius 2 is 2.28 bits per heavy atom. The summed E-state index contributed by atoms with van der Waals surface area (Å²) >= 11 is 1.63. The molecule has 0 bridgehead atoms. The molecule has 1 N–H and O–H groups in total. The number of fused-ring (bicyclic) bond motifs is 1. The zero-order valence-corrected chi connectivity index (χ0v) is 12.3. The first-order valence-electron chi connectivity index (χ1n) is 6.39. The third-order valence-electron chi connectivity index (χ3n) is 3.29. The number of hydrogen-bond donors (Lipinski definition) is 1. The molecule has 0 saturated carbocycles. The Bertz CT molecular complexity index is 503. The topological polar surface area (TPSA) is 38.6 Å². The van der Waals surface area contributed by atoms with E-state index in [-0.39, 0.29) is 0 Å². The molecule has 0 aromatic carbocycles. The van der Waals surface area contributed by atoms with Gasteiger partial charge in [-0.15, -0.1) is 11.3 Å². The van der Waals surface area contributed by atoms with Gasteiger partial charge in [-0.05, 0) is 12.3 Å². The second kappa shape index (κ2) is 5.71. The van der Waals surface area contributed by atoms with Crippen LogP contribution in [0.3, 0.4) is 0 Å². The highest BCUT2D eigenvalue weighted by Gasteiger charge is 2.16. The van der Waals surface area contributed by atoms with Gasteiger partial charge in [-0.1, -0.05) is 20.8 Å². The summed E-state index contributed by atoms with van der Waals surface area (Å²) in [5, 5.41) is 5.64. The Labute approximate surface area is 112 Å². The van der Waals surface area contributed by atoms with Crippen LogP contribution in [0.25, 0.3) is 4.96 Å². The summed E-state index contributed by atoms with van der Waals surface area (Å²) in [6.07, 6.45) is 3.18. The highest BCUT2D eigenvalue weighted by atomic mass is 32.1. The van der Waals surface area contributed by atoms with Crippen LogP contribution >= 0.6 is 11.3 Å². The second-order valence-corrected chi connectivity index (χ2v) is 5.64. The monoisotopic (exact) mass is 267 g/mol. The fourth-order valence-corrected chi connectivity index (χ4v) is 2.94. The van der Waals surface area contributed by atoms with Crippen LogP contribution in [0.4, 0.5) is 0 Å². The van der Waals surface area contributed by atoms with E-state index in [0.717, 1.165) is 29.5 Å². The second-order valence-electron chi connectivity index (χ2n) is 4.76. The van der Waals surface area contributed by atoms with Crippen LogP contribution in [0.15, 0.2) is 11.6 Å². The summed E-state index contributed by atoms with van der Waals surface area (Å²) in [6.45, 7) is 7.49. The van der Waals surface area contributed by atoms with Crippen molar-refractivity contribution in [2.24, 2.45) is 5.92 Å². The van der Waals surface area contributed by atoms with Crippen LogP contribution in [-0.4, -0.2) is 22.5 Å². The normalized spacial score (nSPS) is 13.4. The van der Waals surface area contributed by atoms with Crippen LogP contribution in [-0.2, 0) is 6.54 Å². The fourth-order valence-electron chi connectivity index (χ4n) is 2.22. The summed E-state index contributed by atoms with van der Waals surface area (Å²) in [5.41, 5.74) is 1.10. The minimum absolute atomic E-state index is 0.527. The predicted octanol–water partition coefficient (Wildman–Crippen LogP) is 2.93. The van der Waals surface area contributed by atoms with Gasteiger partial charge >= 0.3 is 0 Å². The molecule has 0 saturated heterocycles. The third-order valence-corrected chi connectivity index (χ3v) is 4.05. The van der Waals surface area contributed by atoms with Gasteiger partial charge in [0.2, 0.25) is 5.88 Å². The molecule has 2 aromatic rings. The van der Waals surface area contributed by atoms with Crippen molar-refractivity contribution in [3.63, 3.8) is 0 Å². The van der Waals surface area contributed by atoms with Crippen LogP contribution in [0.2, 0.25) is 0 Å². The minimum Gasteiger partial charge on any atom is -0.480 e. The zero-order chi connectivity index (χ0) is 13.1.